The summed E-state index contributed by atoms with van der Waals surface area (Å²) in [5.41, 5.74) is 5.66. The van der Waals surface area contributed by atoms with Gasteiger partial charge in [-0.2, -0.15) is 0 Å². The number of hydrogen-bond acceptors (Lipinski definition) is 4. The number of fused-ring (bicyclic) bond motifs is 1. The number of para-hydroxylation sites is 2. The monoisotopic (exact) mass is 598 g/mol. The molecule has 1 aromatic heterocycles. The van der Waals surface area contributed by atoms with E-state index in [1.54, 1.807) is 16.7 Å². The molecule has 0 atom stereocenters. The highest BCUT2D eigenvalue weighted by Gasteiger charge is 2.22. The Kier molecular flexibility index (Phi) is 9.05. The van der Waals surface area contributed by atoms with Crippen LogP contribution in [0, 0.1) is 5.41 Å². The summed E-state index contributed by atoms with van der Waals surface area (Å²) in [4.78, 5) is 13.7. The molecule has 7 nitrogen and oxygen atoms in total. The number of anilines is 1. The molecule has 202 valence electrons. The second-order valence-electron chi connectivity index (χ2n) is 10.1. The number of benzene rings is 3. The number of nitrogens with one attached hydrogen (secondary N) is 2. The summed E-state index contributed by atoms with van der Waals surface area (Å²) < 4.78 is 30.5. The van der Waals surface area contributed by atoms with Crippen molar-refractivity contribution < 1.29 is 13.2 Å². The van der Waals surface area contributed by atoms with E-state index in [4.69, 9.17) is 5.41 Å². The Morgan fingerprint density at radius 1 is 0.868 bits per heavy atom. The van der Waals surface area contributed by atoms with Gasteiger partial charge in [0, 0.05) is 5.56 Å². The molecule has 4 aromatic rings. The average Bonchev–Trinajstić information content (AvgIpc) is 3.09. The fourth-order valence-electron chi connectivity index (χ4n) is 4.68. The highest BCUT2D eigenvalue weighted by Crippen LogP contribution is 2.35. The van der Waals surface area contributed by atoms with E-state index in [9.17, 15) is 13.2 Å². The number of ketones is 1. The molecule has 1 heterocycles. The van der Waals surface area contributed by atoms with Gasteiger partial charge in [-0.25, -0.2) is 8.42 Å². The maximum Gasteiger partial charge on any atom is 0.229 e. The van der Waals surface area contributed by atoms with E-state index in [2.05, 4.69) is 4.72 Å². The van der Waals surface area contributed by atoms with Crippen LogP contribution in [-0.2, 0) is 23.1 Å². The minimum Gasteiger partial charge on any atom is -0.306 e. The Morgan fingerprint density at radius 2 is 1.37 bits per heavy atom. The maximum absolute atomic E-state index is 13.7. The Balaban J connectivity index is 0.00000400. The first-order valence-corrected chi connectivity index (χ1v) is 14.3. The second-order valence-corrected chi connectivity index (χ2v) is 11.9. The normalized spacial score (nSPS) is 11.7. The number of rotatable bonds is 9. The van der Waals surface area contributed by atoms with Gasteiger partial charge in [0.1, 0.15) is 0 Å². The molecule has 2 N–H and O–H groups in total. The van der Waals surface area contributed by atoms with E-state index in [0.717, 1.165) is 34.0 Å². The van der Waals surface area contributed by atoms with Crippen molar-refractivity contribution in [1.82, 2.24) is 9.13 Å². The Hall–Kier alpha value is -3.17. The van der Waals surface area contributed by atoms with Gasteiger partial charge >= 0.3 is 0 Å². The molecule has 0 aliphatic rings. The molecule has 0 aliphatic heterocycles. The lowest BCUT2D eigenvalue weighted by atomic mass is 9.89. The Bertz CT molecular complexity index is 1590. The third-order valence-electron chi connectivity index (χ3n) is 6.51. The molecule has 0 fully saturated rings. The van der Waals surface area contributed by atoms with E-state index in [1.807, 2.05) is 86.9 Å². The first-order chi connectivity index (χ1) is 17.5. The zero-order chi connectivity index (χ0) is 26.9. The van der Waals surface area contributed by atoms with Gasteiger partial charge < -0.3 is 9.13 Å². The van der Waals surface area contributed by atoms with Gasteiger partial charge in [-0.15, -0.1) is 17.0 Å². The van der Waals surface area contributed by atoms with E-state index >= 15 is 0 Å². The highest BCUT2D eigenvalue weighted by atomic mass is 79.9. The molecule has 0 saturated carbocycles. The number of halogens is 1. The number of carbonyl (C=O) groups excluding carboxylic acids is 1. The molecule has 0 aliphatic carbocycles. The first kappa shape index (κ1) is 29.4. The quantitative estimate of drug-likeness (QED) is 0.229. The van der Waals surface area contributed by atoms with Crippen LogP contribution in [0.15, 0.2) is 66.7 Å². The number of imidazole rings is 1. The van der Waals surface area contributed by atoms with Crippen LogP contribution in [0.2, 0.25) is 0 Å². The van der Waals surface area contributed by atoms with Gasteiger partial charge in [0.2, 0.25) is 15.6 Å². The maximum atomic E-state index is 13.7. The molecular formula is C29H35BrN4O3S. The number of Topliss-reactive ketones (excluding diaryl/α,β-unsaturated/α-hetero) is 1. The SMILES string of the molecule is Br.CC(C)c1cc(C(=O)Cn2c(=N)n(Cc3ccccc3)c3ccccc32)cc(C(C)C)c1NS(C)(=O)=O. The number of carbonyl (C=O) groups is 1. The van der Waals surface area contributed by atoms with Gasteiger partial charge in [-0.3, -0.25) is 14.9 Å². The van der Waals surface area contributed by atoms with Crippen molar-refractivity contribution in [2.45, 2.75) is 52.6 Å². The largest absolute Gasteiger partial charge is 0.306 e. The number of nitrogens with zero attached hydrogens (tertiary/aromatic N) is 2. The van der Waals surface area contributed by atoms with Crippen molar-refractivity contribution in [3.63, 3.8) is 0 Å². The molecular weight excluding hydrogens is 564 g/mol. The molecule has 4 rings (SSSR count). The summed E-state index contributed by atoms with van der Waals surface area (Å²) in [5, 5.41) is 8.93. The van der Waals surface area contributed by atoms with E-state index < -0.39 is 10.0 Å². The highest BCUT2D eigenvalue weighted by molar-refractivity contribution is 8.93. The first-order valence-electron chi connectivity index (χ1n) is 12.4. The van der Waals surface area contributed by atoms with Crippen LogP contribution in [0.3, 0.4) is 0 Å². The van der Waals surface area contributed by atoms with Gasteiger partial charge in [-0.1, -0.05) is 70.2 Å². The van der Waals surface area contributed by atoms with Crippen LogP contribution in [0.4, 0.5) is 5.69 Å². The van der Waals surface area contributed by atoms with Gasteiger partial charge in [-0.05, 0) is 52.8 Å². The van der Waals surface area contributed by atoms with Crippen molar-refractivity contribution in [3.8, 4) is 0 Å². The van der Waals surface area contributed by atoms with Crippen LogP contribution in [0.1, 0.15) is 66.6 Å². The van der Waals surface area contributed by atoms with E-state index in [-0.39, 0.29) is 46.8 Å². The van der Waals surface area contributed by atoms with Crippen LogP contribution in [0.25, 0.3) is 11.0 Å². The van der Waals surface area contributed by atoms with Crippen molar-refractivity contribution in [2.75, 3.05) is 11.0 Å². The van der Waals surface area contributed by atoms with E-state index in [0.29, 0.717) is 17.8 Å². The van der Waals surface area contributed by atoms with Crippen molar-refractivity contribution in [1.29, 1.82) is 5.41 Å². The minimum atomic E-state index is -3.49. The van der Waals surface area contributed by atoms with Crippen molar-refractivity contribution in [3.05, 3.63) is 94.6 Å². The van der Waals surface area contributed by atoms with Crippen LogP contribution in [-0.4, -0.2) is 29.6 Å². The van der Waals surface area contributed by atoms with Crippen LogP contribution >= 0.6 is 17.0 Å². The zero-order valence-electron chi connectivity index (χ0n) is 22.4. The van der Waals surface area contributed by atoms with Crippen LogP contribution in [0.5, 0.6) is 0 Å². The van der Waals surface area contributed by atoms with Gasteiger partial charge in [0.05, 0.1) is 36.1 Å². The minimum absolute atomic E-state index is 0. The standard InChI is InChI=1S/C29H34N4O3S.BrH/c1-19(2)23-15-22(16-24(20(3)4)28(23)31-37(5,35)36)27(34)18-33-26-14-10-9-13-25(26)32(29(33)30)17-21-11-7-6-8-12-21;/h6-16,19-20,30-31H,17-18H2,1-5H3;1H. The predicted molar refractivity (Wildman–Crippen MR) is 159 cm³/mol. The Morgan fingerprint density at radius 3 is 1.87 bits per heavy atom. The number of aromatic nitrogens is 2. The topological polar surface area (TPSA) is 96.9 Å². The smallest absolute Gasteiger partial charge is 0.229 e. The van der Waals surface area contributed by atoms with Crippen molar-refractivity contribution in [2.24, 2.45) is 0 Å². The second kappa shape index (κ2) is 11.7. The lowest BCUT2D eigenvalue weighted by molar-refractivity contribution is 0.0971. The molecule has 3 aromatic carbocycles. The Labute approximate surface area is 234 Å². The van der Waals surface area contributed by atoms with Crippen LogP contribution < -0.4 is 10.3 Å². The summed E-state index contributed by atoms with van der Waals surface area (Å²) in [7, 11) is -3.49. The fourth-order valence-corrected chi connectivity index (χ4v) is 5.28. The lowest BCUT2D eigenvalue weighted by Crippen LogP contribution is -2.28. The van der Waals surface area contributed by atoms with Crippen molar-refractivity contribution >= 4 is 49.5 Å². The summed E-state index contributed by atoms with van der Waals surface area (Å²) in [5.74, 6) is -0.126. The third kappa shape index (κ3) is 6.27. The number of hydrogen-bond donors (Lipinski definition) is 2. The molecule has 9 heteroatoms. The predicted octanol–water partition coefficient (Wildman–Crippen LogP) is 6.05. The summed E-state index contributed by atoms with van der Waals surface area (Å²) in [6, 6.07) is 21.3. The molecule has 0 bridgehead atoms. The number of sulfonamides is 1. The lowest BCUT2D eigenvalue weighted by Gasteiger charge is -2.21. The fraction of sp³-hybridized carbons (Fsp3) is 0.310. The van der Waals surface area contributed by atoms with Gasteiger partial charge in [0.25, 0.3) is 0 Å². The summed E-state index contributed by atoms with van der Waals surface area (Å²) >= 11 is 0. The molecule has 0 saturated heterocycles. The van der Waals surface area contributed by atoms with Gasteiger partial charge in [0.15, 0.2) is 5.78 Å². The van der Waals surface area contributed by atoms with E-state index in [1.165, 1.54) is 0 Å². The third-order valence-corrected chi connectivity index (χ3v) is 7.09. The average molecular weight is 600 g/mol. The molecule has 0 unspecified atom stereocenters. The molecule has 0 amide bonds. The summed E-state index contributed by atoms with van der Waals surface area (Å²) in [6.45, 7) is 8.46. The summed E-state index contributed by atoms with van der Waals surface area (Å²) in [6.07, 6.45) is 1.14. The molecule has 0 radical (unpaired) electrons. The molecule has 38 heavy (non-hydrogen) atoms. The molecule has 0 spiro atoms. The zero-order valence-corrected chi connectivity index (χ0v) is 24.9.